The average molecular weight is 506 g/mol. The first-order valence-electron chi connectivity index (χ1n) is 15.2. The highest BCUT2D eigenvalue weighted by Gasteiger charge is 2.64. The maximum atomic E-state index is 12.2. The van der Waals surface area contributed by atoms with Crippen LogP contribution in [0.15, 0.2) is 0 Å². The number of amides is 1. The van der Waals surface area contributed by atoms with Crippen LogP contribution in [0, 0.1) is 46.3 Å². The number of ether oxygens (including phenoxy) is 1. The Morgan fingerprint density at radius 2 is 1.69 bits per heavy atom. The molecule has 0 heterocycles. The van der Waals surface area contributed by atoms with Gasteiger partial charge in [0.1, 0.15) is 0 Å². The molecule has 0 radical (unpaired) electrons. The van der Waals surface area contributed by atoms with Crippen molar-refractivity contribution in [3.05, 3.63) is 0 Å². The molecule has 5 aliphatic carbocycles. The van der Waals surface area contributed by atoms with Gasteiger partial charge in [0.05, 0.1) is 31.0 Å². The summed E-state index contributed by atoms with van der Waals surface area (Å²) < 4.78 is 5.47. The van der Waals surface area contributed by atoms with E-state index in [1.807, 2.05) is 0 Å². The Balaban J connectivity index is 1.20. The molecule has 36 heavy (non-hydrogen) atoms. The molecule has 0 unspecified atom stereocenters. The minimum atomic E-state index is -0.443. The van der Waals surface area contributed by atoms with Gasteiger partial charge in [0, 0.05) is 0 Å². The lowest BCUT2D eigenvalue weighted by atomic mass is 9.41. The van der Waals surface area contributed by atoms with Crippen molar-refractivity contribution in [1.29, 1.82) is 0 Å². The number of rotatable bonds is 6. The predicted molar refractivity (Wildman–Crippen MR) is 139 cm³/mol. The summed E-state index contributed by atoms with van der Waals surface area (Å²) in [4.78, 5) is 12.2. The third-order valence-corrected chi connectivity index (χ3v) is 12.3. The van der Waals surface area contributed by atoms with Crippen LogP contribution in [0.25, 0.3) is 0 Å². The van der Waals surface area contributed by atoms with Crippen LogP contribution in [0.4, 0.5) is 4.79 Å². The number of aliphatic hydroxyl groups excluding tert-OH is 3. The van der Waals surface area contributed by atoms with Crippen molar-refractivity contribution in [1.82, 2.24) is 5.32 Å². The van der Waals surface area contributed by atoms with Crippen molar-refractivity contribution in [2.45, 2.75) is 129 Å². The molecule has 12 atom stereocenters. The van der Waals surface area contributed by atoms with Gasteiger partial charge in [-0.3, -0.25) is 0 Å². The largest absolute Gasteiger partial charge is 0.450 e. The van der Waals surface area contributed by atoms with Gasteiger partial charge in [0.2, 0.25) is 0 Å². The molecule has 6 nitrogen and oxygen atoms in total. The van der Waals surface area contributed by atoms with Gasteiger partial charge in [-0.15, -0.1) is 0 Å². The predicted octanol–water partition coefficient (Wildman–Crippen LogP) is 5.03. The molecular formula is C30H51NO5. The van der Waals surface area contributed by atoms with Gasteiger partial charge in [-0.05, 0) is 123 Å². The van der Waals surface area contributed by atoms with Crippen LogP contribution in [0.5, 0.6) is 0 Å². The summed E-state index contributed by atoms with van der Waals surface area (Å²) in [6.07, 6.45) is 11.9. The van der Waals surface area contributed by atoms with E-state index >= 15 is 0 Å². The van der Waals surface area contributed by atoms with E-state index in [-0.39, 0.29) is 29.1 Å². The highest BCUT2D eigenvalue weighted by Crippen LogP contribution is 2.69. The minimum absolute atomic E-state index is 0.162. The van der Waals surface area contributed by atoms with Crippen molar-refractivity contribution >= 4 is 6.09 Å². The summed E-state index contributed by atoms with van der Waals surface area (Å²) in [5, 5.41) is 35.0. The number of carbonyl (C=O) groups is 1. The van der Waals surface area contributed by atoms with Gasteiger partial charge in [0.15, 0.2) is 0 Å². The topological polar surface area (TPSA) is 99.0 Å². The molecule has 0 saturated heterocycles. The van der Waals surface area contributed by atoms with Gasteiger partial charge in [0.25, 0.3) is 0 Å². The summed E-state index contributed by atoms with van der Waals surface area (Å²) in [7, 11) is 0. The molecule has 0 aromatic rings. The lowest BCUT2D eigenvalue weighted by molar-refractivity contribution is -0.202. The average Bonchev–Trinajstić information content (AvgIpc) is 3.40. The van der Waals surface area contributed by atoms with Gasteiger partial charge in [-0.2, -0.15) is 0 Å². The van der Waals surface area contributed by atoms with Crippen LogP contribution < -0.4 is 5.32 Å². The molecule has 6 heteroatoms. The first-order valence-corrected chi connectivity index (χ1v) is 15.2. The fourth-order valence-electron chi connectivity index (χ4n) is 10.3. The van der Waals surface area contributed by atoms with E-state index in [0.717, 1.165) is 57.8 Å². The summed E-state index contributed by atoms with van der Waals surface area (Å²) in [5.74, 6) is 2.90. The maximum absolute atomic E-state index is 12.2. The van der Waals surface area contributed by atoms with Gasteiger partial charge in [-0.25, -0.2) is 4.79 Å². The summed E-state index contributed by atoms with van der Waals surface area (Å²) in [5.41, 5.74) is 0.505. The Morgan fingerprint density at radius 1 is 0.944 bits per heavy atom. The number of fused-ring (bicyclic) bond motifs is 5. The number of aliphatic hydroxyl groups is 3. The molecule has 0 aromatic carbocycles. The fraction of sp³-hybridized carbons (Fsp3) is 0.967. The van der Waals surface area contributed by atoms with Gasteiger partial charge < -0.3 is 25.4 Å². The first kappa shape index (κ1) is 26.7. The van der Waals surface area contributed by atoms with Crippen LogP contribution in [0.3, 0.4) is 0 Å². The van der Waals surface area contributed by atoms with Crippen LogP contribution >= 0.6 is 0 Å². The van der Waals surface area contributed by atoms with Crippen molar-refractivity contribution < 1.29 is 24.9 Å². The van der Waals surface area contributed by atoms with Crippen LogP contribution in [-0.2, 0) is 4.74 Å². The normalized spacial score (nSPS) is 50.2. The lowest BCUT2D eigenvalue weighted by Gasteiger charge is -2.64. The lowest BCUT2D eigenvalue weighted by Crippen LogP contribution is -2.62. The molecule has 4 N–H and O–H groups in total. The quantitative estimate of drug-likeness (QED) is 0.379. The smallest absolute Gasteiger partial charge is 0.407 e. The van der Waals surface area contributed by atoms with Crippen molar-refractivity contribution in [2.75, 3.05) is 6.61 Å². The Labute approximate surface area is 218 Å². The molecule has 5 rings (SSSR count). The Bertz CT molecular complexity index is 791. The third-order valence-electron chi connectivity index (χ3n) is 12.3. The SMILES string of the molecule is CC[C@H]1[C@@H](O)[C@@H]2[C@H](CC[C@]3(C)[C@@H](CCCOC(=O)N[C@H]4CCC[C@H]4O)CC[C@@H]23)[C@@]2(C)CC[C@@H](O)C[C@@H]12. The second kappa shape index (κ2) is 10.4. The highest BCUT2D eigenvalue weighted by molar-refractivity contribution is 5.67. The summed E-state index contributed by atoms with van der Waals surface area (Å²) >= 11 is 0. The molecule has 1 amide bonds. The number of hydrogen-bond donors (Lipinski definition) is 4. The highest BCUT2D eigenvalue weighted by atomic mass is 16.5. The van der Waals surface area contributed by atoms with Crippen LogP contribution in [0.2, 0.25) is 0 Å². The van der Waals surface area contributed by atoms with Crippen molar-refractivity contribution in [3.63, 3.8) is 0 Å². The van der Waals surface area contributed by atoms with Gasteiger partial charge in [-0.1, -0.05) is 27.2 Å². The number of hydrogen-bond acceptors (Lipinski definition) is 5. The molecule has 5 fully saturated rings. The molecule has 5 aliphatic rings. The standard InChI is InChI=1S/C30H51NO5/c1-4-20-23-17-19(32)12-14-30(23,3)22-13-15-29(2)18(10-11-21(29)26(22)27(20)34)7-6-16-36-28(35)31-24-8-5-9-25(24)33/h18-27,32-34H,4-17H2,1-3H3,(H,31,35)/t18-,19+,20+,21-,22-,23-,24-,25+,26-,27+,29+,30+/m0/s1. The molecule has 0 spiro atoms. The number of nitrogens with one attached hydrogen (secondary N) is 1. The monoisotopic (exact) mass is 505 g/mol. The van der Waals surface area contributed by atoms with Crippen LogP contribution in [0.1, 0.15) is 104 Å². The zero-order valence-electron chi connectivity index (χ0n) is 22.8. The second-order valence-electron chi connectivity index (χ2n) is 13.7. The second-order valence-corrected chi connectivity index (χ2v) is 13.7. The van der Waals surface area contributed by atoms with E-state index in [2.05, 4.69) is 26.1 Å². The maximum Gasteiger partial charge on any atom is 0.407 e. The summed E-state index contributed by atoms with van der Waals surface area (Å²) in [6, 6.07) is -0.162. The van der Waals surface area contributed by atoms with E-state index < -0.39 is 12.2 Å². The van der Waals surface area contributed by atoms with Gasteiger partial charge >= 0.3 is 6.09 Å². The number of carbonyl (C=O) groups excluding carboxylic acids is 1. The molecule has 0 bridgehead atoms. The molecule has 206 valence electrons. The van der Waals surface area contributed by atoms with Crippen molar-refractivity contribution in [3.8, 4) is 0 Å². The minimum Gasteiger partial charge on any atom is -0.450 e. The van der Waals surface area contributed by atoms with Crippen molar-refractivity contribution in [2.24, 2.45) is 46.3 Å². The Morgan fingerprint density at radius 3 is 2.42 bits per heavy atom. The molecule has 0 aromatic heterocycles. The van der Waals surface area contributed by atoms with Crippen LogP contribution in [-0.4, -0.2) is 52.4 Å². The third kappa shape index (κ3) is 4.51. The van der Waals surface area contributed by atoms with E-state index in [4.69, 9.17) is 4.74 Å². The Kier molecular flexibility index (Phi) is 7.71. The van der Waals surface area contributed by atoms with E-state index in [1.165, 1.54) is 25.7 Å². The molecule has 0 aliphatic heterocycles. The Hall–Kier alpha value is -0.850. The zero-order chi connectivity index (χ0) is 25.7. The molecule has 5 saturated carbocycles. The zero-order valence-corrected chi connectivity index (χ0v) is 22.8. The fourth-order valence-corrected chi connectivity index (χ4v) is 10.3. The summed E-state index contributed by atoms with van der Waals surface area (Å²) in [6.45, 7) is 7.66. The van der Waals surface area contributed by atoms with E-state index in [9.17, 15) is 20.1 Å². The van der Waals surface area contributed by atoms with E-state index in [1.54, 1.807) is 0 Å². The first-order chi connectivity index (χ1) is 17.2. The van der Waals surface area contributed by atoms with E-state index in [0.29, 0.717) is 42.1 Å². The molecular weight excluding hydrogens is 454 g/mol. The number of alkyl carbamates (subject to hydrolysis) is 1.